The Hall–Kier alpha value is -2.04. The molecule has 1 unspecified atom stereocenters. The zero-order valence-corrected chi connectivity index (χ0v) is 12.4. The molecule has 0 aliphatic carbocycles. The van der Waals surface area contributed by atoms with Crippen LogP contribution in [0.5, 0.6) is 0 Å². The summed E-state index contributed by atoms with van der Waals surface area (Å²) in [6, 6.07) is 4.87. The number of nitrogens with one attached hydrogen (secondary N) is 2. The van der Waals surface area contributed by atoms with Gasteiger partial charge in [0.25, 0.3) is 0 Å². The molecule has 0 aliphatic heterocycles. The molecule has 0 saturated heterocycles. The second-order valence-corrected chi connectivity index (χ2v) is 5.35. The molecule has 1 atom stereocenters. The summed E-state index contributed by atoms with van der Waals surface area (Å²) >= 11 is 0. The molecule has 5 heteroatoms. The molecule has 20 heavy (non-hydrogen) atoms. The molecule has 2 amide bonds. The number of hydrogen-bond acceptors (Lipinski definition) is 2. The van der Waals surface area contributed by atoms with Gasteiger partial charge in [0.2, 0.25) is 0 Å². The van der Waals surface area contributed by atoms with Crippen LogP contribution in [0, 0.1) is 19.8 Å². The van der Waals surface area contributed by atoms with Gasteiger partial charge >= 0.3 is 12.0 Å². The maximum atomic E-state index is 11.9. The highest BCUT2D eigenvalue weighted by Gasteiger charge is 2.19. The molecule has 3 N–H and O–H groups in total. The van der Waals surface area contributed by atoms with E-state index in [9.17, 15) is 9.59 Å². The van der Waals surface area contributed by atoms with E-state index in [2.05, 4.69) is 10.6 Å². The average Bonchev–Trinajstić information content (AvgIpc) is 2.32. The molecule has 0 aromatic heterocycles. The van der Waals surface area contributed by atoms with Crippen molar-refractivity contribution in [3.8, 4) is 0 Å². The minimum atomic E-state index is -0.921. The van der Waals surface area contributed by atoms with Crippen molar-refractivity contribution in [1.82, 2.24) is 5.32 Å². The third-order valence-corrected chi connectivity index (χ3v) is 3.28. The summed E-state index contributed by atoms with van der Waals surface area (Å²) in [5.41, 5.74) is 2.94. The highest BCUT2D eigenvalue weighted by molar-refractivity contribution is 5.89. The monoisotopic (exact) mass is 278 g/mol. The Bertz CT molecular complexity index is 498. The molecule has 5 nitrogen and oxygen atoms in total. The van der Waals surface area contributed by atoms with Gasteiger partial charge < -0.3 is 15.7 Å². The first-order valence-electron chi connectivity index (χ1n) is 6.66. The Balaban J connectivity index is 2.65. The van der Waals surface area contributed by atoms with Gasteiger partial charge in [-0.2, -0.15) is 0 Å². The number of carbonyl (C=O) groups excluding carboxylic acids is 1. The number of aryl methyl sites for hydroxylation is 2. The van der Waals surface area contributed by atoms with E-state index in [-0.39, 0.29) is 24.4 Å². The highest BCUT2D eigenvalue weighted by atomic mass is 16.4. The number of anilines is 1. The lowest BCUT2D eigenvalue weighted by Gasteiger charge is -2.21. The molecule has 0 aliphatic rings. The van der Waals surface area contributed by atoms with E-state index in [0.717, 1.165) is 11.1 Å². The summed E-state index contributed by atoms with van der Waals surface area (Å²) in [7, 11) is 0. The SMILES string of the molecule is Cc1ccc(NC(=O)NC(CC(=O)O)C(C)C)cc1C. The predicted octanol–water partition coefficient (Wildman–Crippen LogP) is 2.92. The second kappa shape index (κ2) is 6.93. The zero-order chi connectivity index (χ0) is 15.3. The fourth-order valence-electron chi connectivity index (χ4n) is 1.80. The fraction of sp³-hybridized carbons (Fsp3) is 0.467. The Morgan fingerprint density at radius 2 is 1.85 bits per heavy atom. The first kappa shape index (κ1) is 16.0. The van der Waals surface area contributed by atoms with Crippen LogP contribution < -0.4 is 10.6 Å². The summed E-state index contributed by atoms with van der Waals surface area (Å²) < 4.78 is 0. The molecule has 110 valence electrons. The van der Waals surface area contributed by atoms with Crippen LogP contribution in [-0.4, -0.2) is 23.1 Å². The summed E-state index contributed by atoms with van der Waals surface area (Å²) in [6.45, 7) is 7.73. The van der Waals surface area contributed by atoms with E-state index in [1.165, 1.54) is 0 Å². The van der Waals surface area contributed by atoms with Gasteiger partial charge in [0.15, 0.2) is 0 Å². The van der Waals surface area contributed by atoms with Crippen LogP contribution in [0.4, 0.5) is 10.5 Å². The van der Waals surface area contributed by atoms with Crippen LogP contribution >= 0.6 is 0 Å². The summed E-state index contributed by atoms with van der Waals surface area (Å²) in [6.07, 6.45) is -0.0853. The van der Waals surface area contributed by atoms with E-state index in [0.29, 0.717) is 5.69 Å². The maximum Gasteiger partial charge on any atom is 0.319 e. The number of amides is 2. The Morgan fingerprint density at radius 1 is 1.20 bits per heavy atom. The molecule has 1 aromatic rings. The number of carbonyl (C=O) groups is 2. The molecule has 0 bridgehead atoms. The highest BCUT2D eigenvalue weighted by Crippen LogP contribution is 2.14. The van der Waals surface area contributed by atoms with Crippen LogP contribution in [0.15, 0.2) is 18.2 Å². The van der Waals surface area contributed by atoms with Crippen LogP contribution in [0.25, 0.3) is 0 Å². The minimum absolute atomic E-state index is 0.0524. The molecule has 0 heterocycles. The fourth-order valence-corrected chi connectivity index (χ4v) is 1.80. The van der Waals surface area contributed by atoms with Crippen molar-refractivity contribution in [1.29, 1.82) is 0 Å². The molecule has 0 fully saturated rings. The Kier molecular flexibility index (Phi) is 5.55. The number of aliphatic carboxylic acids is 1. The van der Waals surface area contributed by atoms with Gasteiger partial charge in [-0.1, -0.05) is 19.9 Å². The summed E-state index contributed by atoms with van der Waals surface area (Å²) in [5, 5.41) is 14.3. The van der Waals surface area contributed by atoms with Gasteiger partial charge in [0, 0.05) is 11.7 Å². The smallest absolute Gasteiger partial charge is 0.319 e. The molecule has 0 saturated carbocycles. The zero-order valence-electron chi connectivity index (χ0n) is 12.4. The third kappa shape index (κ3) is 4.91. The Morgan fingerprint density at radius 3 is 2.35 bits per heavy atom. The average molecular weight is 278 g/mol. The number of urea groups is 1. The maximum absolute atomic E-state index is 11.9. The summed E-state index contributed by atoms with van der Waals surface area (Å²) in [5.74, 6) is -0.869. The first-order valence-corrected chi connectivity index (χ1v) is 6.66. The lowest BCUT2D eigenvalue weighted by molar-refractivity contribution is -0.137. The van der Waals surface area contributed by atoms with Gasteiger partial charge in [-0.15, -0.1) is 0 Å². The van der Waals surface area contributed by atoms with Crippen LogP contribution in [-0.2, 0) is 4.79 Å². The lowest BCUT2D eigenvalue weighted by Crippen LogP contribution is -2.42. The van der Waals surface area contributed by atoms with Gasteiger partial charge in [0.05, 0.1) is 6.42 Å². The van der Waals surface area contributed by atoms with Crippen molar-refractivity contribution in [2.24, 2.45) is 5.92 Å². The van der Waals surface area contributed by atoms with E-state index < -0.39 is 5.97 Å². The van der Waals surface area contributed by atoms with Crippen molar-refractivity contribution < 1.29 is 14.7 Å². The van der Waals surface area contributed by atoms with Crippen LogP contribution in [0.2, 0.25) is 0 Å². The van der Waals surface area contributed by atoms with E-state index in [4.69, 9.17) is 5.11 Å². The van der Waals surface area contributed by atoms with Crippen LogP contribution in [0.3, 0.4) is 0 Å². The van der Waals surface area contributed by atoms with Crippen molar-refractivity contribution in [2.45, 2.75) is 40.2 Å². The van der Waals surface area contributed by atoms with Crippen molar-refractivity contribution in [3.63, 3.8) is 0 Å². The van der Waals surface area contributed by atoms with E-state index in [1.54, 1.807) is 0 Å². The molecular weight excluding hydrogens is 256 g/mol. The molecule has 0 radical (unpaired) electrons. The van der Waals surface area contributed by atoms with Gasteiger partial charge in [-0.05, 0) is 43.0 Å². The quantitative estimate of drug-likeness (QED) is 0.775. The lowest BCUT2D eigenvalue weighted by atomic mass is 10.0. The standard InChI is InChI=1S/C15H22N2O3/c1-9(2)13(8-14(18)19)17-15(20)16-12-6-5-10(3)11(4)7-12/h5-7,9,13H,8H2,1-4H3,(H,18,19)(H2,16,17,20). The molecule has 1 aromatic carbocycles. The topological polar surface area (TPSA) is 78.4 Å². The number of carboxylic acids is 1. The Labute approximate surface area is 119 Å². The van der Waals surface area contributed by atoms with Gasteiger partial charge in [-0.25, -0.2) is 4.79 Å². The molecule has 1 rings (SSSR count). The number of benzene rings is 1. The van der Waals surface area contributed by atoms with Crippen molar-refractivity contribution >= 4 is 17.7 Å². The minimum Gasteiger partial charge on any atom is -0.481 e. The molecular formula is C15H22N2O3. The van der Waals surface area contributed by atoms with Crippen molar-refractivity contribution in [2.75, 3.05) is 5.32 Å². The number of carboxylic acid groups (broad SMARTS) is 1. The van der Waals surface area contributed by atoms with Crippen LogP contribution in [0.1, 0.15) is 31.4 Å². The van der Waals surface area contributed by atoms with Gasteiger partial charge in [-0.3, -0.25) is 4.79 Å². The number of hydrogen-bond donors (Lipinski definition) is 3. The number of rotatable bonds is 5. The molecule has 0 spiro atoms. The predicted molar refractivity (Wildman–Crippen MR) is 78.9 cm³/mol. The normalized spacial score (nSPS) is 12.1. The summed E-state index contributed by atoms with van der Waals surface area (Å²) in [4.78, 5) is 22.7. The van der Waals surface area contributed by atoms with E-state index >= 15 is 0 Å². The first-order chi connectivity index (χ1) is 9.29. The van der Waals surface area contributed by atoms with E-state index in [1.807, 2.05) is 45.9 Å². The third-order valence-electron chi connectivity index (χ3n) is 3.28. The largest absolute Gasteiger partial charge is 0.481 e. The van der Waals surface area contributed by atoms with Crippen molar-refractivity contribution in [3.05, 3.63) is 29.3 Å². The second-order valence-electron chi connectivity index (χ2n) is 5.35. The van der Waals surface area contributed by atoms with Gasteiger partial charge in [0.1, 0.15) is 0 Å².